The molecule has 1 rings (SSSR count). The van der Waals surface area contributed by atoms with Crippen LogP contribution < -0.4 is 4.72 Å². The van der Waals surface area contributed by atoms with E-state index in [1.165, 1.54) is 0 Å². The zero-order valence-corrected chi connectivity index (χ0v) is 10.5. The van der Waals surface area contributed by atoms with Crippen molar-refractivity contribution < 1.29 is 4.21 Å². The molecular weight excluding hydrogens is 208 g/mol. The third-order valence-corrected chi connectivity index (χ3v) is 3.65. The highest BCUT2D eigenvalue weighted by Gasteiger charge is 2.21. The molecule has 3 nitrogen and oxygen atoms in total. The summed E-state index contributed by atoms with van der Waals surface area (Å²) in [6.07, 6.45) is 1.74. The molecule has 0 saturated carbocycles. The lowest BCUT2D eigenvalue weighted by Gasteiger charge is -2.21. The van der Waals surface area contributed by atoms with Gasteiger partial charge in [0, 0.05) is 6.20 Å². The minimum atomic E-state index is -1.06. The van der Waals surface area contributed by atoms with Crippen molar-refractivity contribution in [3.05, 3.63) is 30.1 Å². The van der Waals surface area contributed by atoms with Crippen molar-refractivity contribution in [3.8, 4) is 0 Å². The van der Waals surface area contributed by atoms with Crippen molar-refractivity contribution in [3.63, 3.8) is 0 Å². The number of rotatable bonds is 3. The summed E-state index contributed by atoms with van der Waals surface area (Å²) in [6.45, 7) is 7.80. The van der Waals surface area contributed by atoms with Crippen molar-refractivity contribution >= 4 is 11.0 Å². The second kappa shape index (κ2) is 4.86. The van der Waals surface area contributed by atoms with Crippen LogP contribution in [0.4, 0.5) is 0 Å². The number of hydrogen-bond donors (Lipinski definition) is 1. The van der Waals surface area contributed by atoms with Gasteiger partial charge >= 0.3 is 0 Å². The van der Waals surface area contributed by atoms with Gasteiger partial charge in [0.05, 0.1) is 27.5 Å². The minimum absolute atomic E-state index is 0.00579. The molecule has 0 spiro atoms. The van der Waals surface area contributed by atoms with Gasteiger partial charge in [0.25, 0.3) is 0 Å². The number of hydrogen-bond acceptors (Lipinski definition) is 2. The van der Waals surface area contributed by atoms with E-state index in [0.29, 0.717) is 0 Å². The predicted molar refractivity (Wildman–Crippen MR) is 63.7 cm³/mol. The van der Waals surface area contributed by atoms with Crippen molar-refractivity contribution in [2.75, 3.05) is 0 Å². The van der Waals surface area contributed by atoms with E-state index in [1.807, 2.05) is 45.9 Å². The third kappa shape index (κ3) is 3.72. The van der Waals surface area contributed by atoms with Crippen LogP contribution in [-0.4, -0.2) is 13.9 Å². The zero-order chi connectivity index (χ0) is 11.5. The Kier molecular flexibility index (Phi) is 3.99. The number of nitrogens with one attached hydrogen (secondary N) is 1. The molecule has 4 heteroatoms. The Balaban J connectivity index is 2.65. The molecule has 0 fully saturated rings. The van der Waals surface area contributed by atoms with Gasteiger partial charge in [-0.3, -0.25) is 4.98 Å². The van der Waals surface area contributed by atoms with Gasteiger partial charge in [-0.15, -0.1) is 0 Å². The molecule has 0 radical (unpaired) electrons. The van der Waals surface area contributed by atoms with Crippen molar-refractivity contribution in [1.29, 1.82) is 0 Å². The highest BCUT2D eigenvalue weighted by Crippen LogP contribution is 2.14. The van der Waals surface area contributed by atoms with Crippen LogP contribution in [0, 0.1) is 0 Å². The maximum atomic E-state index is 11.8. The highest BCUT2D eigenvalue weighted by atomic mass is 32.2. The fraction of sp³-hybridized carbons (Fsp3) is 0.545. The second-order valence-electron chi connectivity index (χ2n) is 4.48. The molecule has 0 aliphatic heterocycles. The maximum absolute atomic E-state index is 11.8. The van der Waals surface area contributed by atoms with E-state index < -0.39 is 11.0 Å². The largest absolute Gasteiger partial charge is 0.260 e. The van der Waals surface area contributed by atoms with E-state index in [1.54, 1.807) is 6.20 Å². The van der Waals surface area contributed by atoms with Crippen LogP contribution in [-0.2, 0) is 11.0 Å². The van der Waals surface area contributed by atoms with E-state index in [4.69, 9.17) is 0 Å². The van der Waals surface area contributed by atoms with Crippen molar-refractivity contribution in [2.24, 2.45) is 0 Å². The molecule has 0 aromatic carbocycles. The molecule has 1 heterocycles. The summed E-state index contributed by atoms with van der Waals surface area (Å²) in [4.78, 5) is 4.22. The Morgan fingerprint density at radius 1 is 1.40 bits per heavy atom. The van der Waals surface area contributed by atoms with E-state index in [9.17, 15) is 4.21 Å². The first kappa shape index (κ1) is 12.3. The van der Waals surface area contributed by atoms with Crippen LogP contribution in [0.1, 0.15) is 39.4 Å². The summed E-state index contributed by atoms with van der Waals surface area (Å²) >= 11 is 0. The van der Waals surface area contributed by atoms with Crippen molar-refractivity contribution in [1.82, 2.24) is 9.71 Å². The summed E-state index contributed by atoms with van der Waals surface area (Å²) in [5.74, 6) is 0. The monoisotopic (exact) mass is 226 g/mol. The van der Waals surface area contributed by atoms with Gasteiger partial charge < -0.3 is 0 Å². The number of pyridine rings is 1. The van der Waals surface area contributed by atoms with Crippen molar-refractivity contribution in [2.45, 2.75) is 38.5 Å². The minimum Gasteiger partial charge on any atom is -0.260 e. The van der Waals surface area contributed by atoms with E-state index in [2.05, 4.69) is 9.71 Å². The Bertz CT molecular complexity index is 332. The first-order chi connectivity index (χ1) is 6.91. The molecule has 0 bridgehead atoms. The third-order valence-electron chi connectivity index (χ3n) is 1.97. The summed E-state index contributed by atoms with van der Waals surface area (Å²) in [5, 5.41) is 0. The molecule has 1 N–H and O–H groups in total. The summed E-state index contributed by atoms with van der Waals surface area (Å²) in [5.41, 5.74) is 0.912. The molecule has 0 amide bonds. The van der Waals surface area contributed by atoms with Gasteiger partial charge in [-0.1, -0.05) is 6.07 Å². The average molecular weight is 226 g/mol. The van der Waals surface area contributed by atoms with Gasteiger partial charge in [0.15, 0.2) is 0 Å². The van der Waals surface area contributed by atoms with E-state index >= 15 is 0 Å². The molecule has 0 saturated heterocycles. The van der Waals surface area contributed by atoms with Crippen LogP contribution in [0.2, 0.25) is 0 Å². The van der Waals surface area contributed by atoms with Crippen LogP contribution in [0.5, 0.6) is 0 Å². The summed E-state index contributed by atoms with van der Waals surface area (Å²) in [6, 6.07) is 5.74. The SMILES string of the molecule is CC(NS(=O)C(C)(C)C)c1ccccn1. The van der Waals surface area contributed by atoms with Crippen LogP contribution in [0.3, 0.4) is 0 Å². The lowest BCUT2D eigenvalue weighted by Crippen LogP contribution is -2.35. The van der Waals surface area contributed by atoms with Crippen LogP contribution >= 0.6 is 0 Å². The molecule has 1 aromatic rings. The second-order valence-corrected chi connectivity index (χ2v) is 6.47. The van der Waals surface area contributed by atoms with Gasteiger partial charge in [-0.05, 0) is 39.8 Å². The van der Waals surface area contributed by atoms with Crippen LogP contribution in [0.25, 0.3) is 0 Å². The summed E-state index contributed by atoms with van der Waals surface area (Å²) in [7, 11) is -1.06. The van der Waals surface area contributed by atoms with E-state index in [-0.39, 0.29) is 10.8 Å². The zero-order valence-electron chi connectivity index (χ0n) is 9.65. The molecule has 84 valence electrons. The van der Waals surface area contributed by atoms with Gasteiger partial charge in [-0.2, -0.15) is 0 Å². The Labute approximate surface area is 93.9 Å². The van der Waals surface area contributed by atoms with Gasteiger partial charge in [-0.25, -0.2) is 8.93 Å². The Morgan fingerprint density at radius 2 is 2.07 bits per heavy atom. The fourth-order valence-corrected chi connectivity index (χ4v) is 1.83. The lowest BCUT2D eigenvalue weighted by atomic mass is 10.2. The number of nitrogens with zero attached hydrogens (tertiary/aromatic N) is 1. The van der Waals surface area contributed by atoms with E-state index in [0.717, 1.165) is 5.69 Å². The Hall–Kier alpha value is -0.740. The maximum Gasteiger partial charge on any atom is 0.0976 e. The number of aromatic nitrogens is 1. The molecule has 1 aromatic heterocycles. The highest BCUT2D eigenvalue weighted by molar-refractivity contribution is 7.84. The molecule has 0 aliphatic rings. The first-order valence-corrected chi connectivity index (χ1v) is 6.15. The molecule has 2 atom stereocenters. The quantitative estimate of drug-likeness (QED) is 0.858. The Morgan fingerprint density at radius 3 is 2.53 bits per heavy atom. The topological polar surface area (TPSA) is 42.0 Å². The smallest absolute Gasteiger partial charge is 0.0976 e. The fourth-order valence-electron chi connectivity index (χ4n) is 1.03. The predicted octanol–water partition coefficient (Wildman–Crippen LogP) is 2.19. The average Bonchev–Trinajstić information content (AvgIpc) is 2.17. The van der Waals surface area contributed by atoms with Crippen LogP contribution in [0.15, 0.2) is 24.4 Å². The molecular formula is C11H18N2OS. The normalized spacial score (nSPS) is 16.0. The molecule has 2 unspecified atom stereocenters. The van der Waals surface area contributed by atoms with Gasteiger partial charge in [0.2, 0.25) is 0 Å². The molecule has 15 heavy (non-hydrogen) atoms. The summed E-state index contributed by atoms with van der Waals surface area (Å²) < 4.78 is 14.6. The lowest BCUT2D eigenvalue weighted by molar-refractivity contribution is 0.611. The standard InChI is InChI=1S/C11H18N2OS/c1-9(10-7-5-6-8-12-10)13-15(14)11(2,3)4/h5-9,13H,1-4H3. The van der Waals surface area contributed by atoms with Gasteiger partial charge in [0.1, 0.15) is 0 Å². The molecule has 0 aliphatic carbocycles. The first-order valence-electron chi connectivity index (χ1n) is 5.00.